The highest BCUT2D eigenvalue weighted by molar-refractivity contribution is 5.99. The van der Waals surface area contributed by atoms with Crippen LogP contribution in [0.25, 0.3) is 10.9 Å². The zero-order valence-electron chi connectivity index (χ0n) is 14.3. The van der Waals surface area contributed by atoms with Crippen LogP contribution in [-0.4, -0.2) is 39.8 Å². The number of nitrogens with one attached hydrogen (secondary N) is 2. The third-order valence-corrected chi connectivity index (χ3v) is 4.79. The number of nitrogens with zero attached hydrogens (tertiary/aromatic N) is 2. The molecule has 0 spiro atoms. The van der Waals surface area contributed by atoms with E-state index in [2.05, 4.69) is 15.3 Å². The summed E-state index contributed by atoms with van der Waals surface area (Å²) in [6, 6.07) is 13.2. The van der Waals surface area contributed by atoms with E-state index in [0.29, 0.717) is 18.8 Å². The second-order valence-electron chi connectivity index (χ2n) is 6.59. The van der Waals surface area contributed by atoms with Gasteiger partial charge in [0.1, 0.15) is 5.69 Å². The van der Waals surface area contributed by atoms with E-state index in [1.807, 2.05) is 30.3 Å². The average molecular weight is 348 g/mol. The van der Waals surface area contributed by atoms with E-state index in [1.54, 1.807) is 29.4 Å². The van der Waals surface area contributed by atoms with Crippen LogP contribution < -0.4 is 5.32 Å². The van der Waals surface area contributed by atoms with Gasteiger partial charge in [-0.1, -0.05) is 18.2 Å². The molecule has 4 rings (SSSR count). The summed E-state index contributed by atoms with van der Waals surface area (Å²) in [5.74, 6) is -0.307. The number of anilines is 1. The molecule has 1 atom stereocenters. The summed E-state index contributed by atoms with van der Waals surface area (Å²) >= 11 is 0. The van der Waals surface area contributed by atoms with Crippen LogP contribution in [0.3, 0.4) is 0 Å². The zero-order valence-corrected chi connectivity index (χ0v) is 14.3. The molecule has 1 aromatic carbocycles. The molecule has 3 heterocycles. The fourth-order valence-electron chi connectivity index (χ4n) is 3.41. The Labute approximate surface area is 151 Å². The average Bonchev–Trinajstić information content (AvgIpc) is 3.12. The molecular formula is C20H20N4O2. The van der Waals surface area contributed by atoms with E-state index >= 15 is 0 Å². The van der Waals surface area contributed by atoms with E-state index in [1.165, 1.54) is 0 Å². The molecule has 2 aromatic heterocycles. The summed E-state index contributed by atoms with van der Waals surface area (Å²) in [6.45, 7) is 1.11. The van der Waals surface area contributed by atoms with Crippen molar-refractivity contribution < 1.29 is 9.59 Å². The first kappa shape index (κ1) is 16.3. The normalized spacial score (nSPS) is 17.2. The molecule has 2 N–H and O–H groups in total. The van der Waals surface area contributed by atoms with Crippen LogP contribution in [0.15, 0.2) is 54.9 Å². The lowest BCUT2D eigenvalue weighted by Gasteiger charge is -2.31. The van der Waals surface area contributed by atoms with Crippen LogP contribution in [0, 0.1) is 5.92 Å². The number of fused-ring (bicyclic) bond motifs is 1. The van der Waals surface area contributed by atoms with Gasteiger partial charge in [0.15, 0.2) is 0 Å². The molecule has 0 saturated carbocycles. The van der Waals surface area contributed by atoms with E-state index in [0.717, 1.165) is 29.4 Å². The molecule has 0 bridgehead atoms. The molecule has 3 aromatic rings. The van der Waals surface area contributed by atoms with Crippen LogP contribution in [0.5, 0.6) is 0 Å². The molecule has 0 radical (unpaired) electrons. The number of hydrogen-bond acceptors (Lipinski definition) is 3. The first-order valence-electron chi connectivity index (χ1n) is 8.78. The molecule has 26 heavy (non-hydrogen) atoms. The Hall–Kier alpha value is -3.15. The highest BCUT2D eigenvalue weighted by Gasteiger charge is 2.29. The van der Waals surface area contributed by atoms with Gasteiger partial charge in [0.2, 0.25) is 5.91 Å². The summed E-state index contributed by atoms with van der Waals surface area (Å²) in [5, 5.41) is 3.92. The molecule has 2 amide bonds. The second-order valence-corrected chi connectivity index (χ2v) is 6.59. The number of amides is 2. The number of para-hydroxylation sites is 1. The van der Waals surface area contributed by atoms with Crippen molar-refractivity contribution in [3.63, 3.8) is 0 Å². The van der Waals surface area contributed by atoms with Crippen molar-refractivity contribution >= 4 is 28.4 Å². The van der Waals surface area contributed by atoms with E-state index < -0.39 is 0 Å². The molecule has 6 nitrogen and oxygen atoms in total. The Kier molecular flexibility index (Phi) is 4.39. The van der Waals surface area contributed by atoms with Gasteiger partial charge in [-0.15, -0.1) is 0 Å². The van der Waals surface area contributed by atoms with E-state index in [9.17, 15) is 9.59 Å². The standard InChI is InChI=1S/C20H20N4O2/c25-19(22-16-7-9-21-10-8-16)15-5-3-11-24(13-15)20(26)18-12-14-4-1-2-6-17(14)23-18/h1-2,4,6-10,12,15,23H,3,5,11,13H2,(H,21,22,25)/t15-/m1/s1. The van der Waals surface area contributed by atoms with Crippen LogP contribution in [0.4, 0.5) is 5.69 Å². The van der Waals surface area contributed by atoms with Crippen molar-refractivity contribution in [3.05, 3.63) is 60.6 Å². The SMILES string of the molecule is O=C(Nc1ccncc1)[C@@H]1CCCN(C(=O)c2cc3ccccc3[nH]2)C1. The fourth-order valence-corrected chi connectivity index (χ4v) is 3.41. The Bertz CT molecular complexity index is 902. The summed E-state index contributed by atoms with van der Waals surface area (Å²) < 4.78 is 0. The minimum atomic E-state index is -0.203. The Morgan fingerprint density at radius 2 is 1.96 bits per heavy atom. The summed E-state index contributed by atoms with van der Waals surface area (Å²) in [7, 11) is 0. The second kappa shape index (κ2) is 7.00. The van der Waals surface area contributed by atoms with Gasteiger partial charge in [-0.25, -0.2) is 0 Å². The summed E-state index contributed by atoms with van der Waals surface area (Å²) in [4.78, 5) is 34.3. The minimum absolute atomic E-state index is 0.0506. The fraction of sp³-hybridized carbons (Fsp3) is 0.250. The first-order chi connectivity index (χ1) is 12.7. The lowest BCUT2D eigenvalue weighted by atomic mass is 9.96. The van der Waals surface area contributed by atoms with Gasteiger partial charge >= 0.3 is 0 Å². The maximum atomic E-state index is 12.9. The van der Waals surface area contributed by atoms with Gasteiger partial charge in [0.05, 0.1) is 5.92 Å². The van der Waals surface area contributed by atoms with E-state index in [-0.39, 0.29) is 17.7 Å². The van der Waals surface area contributed by atoms with Gasteiger partial charge in [0, 0.05) is 42.1 Å². The van der Waals surface area contributed by atoms with Crippen molar-refractivity contribution in [2.24, 2.45) is 5.92 Å². The highest BCUT2D eigenvalue weighted by Crippen LogP contribution is 2.22. The number of H-pyrrole nitrogens is 1. The number of aromatic nitrogens is 2. The quantitative estimate of drug-likeness (QED) is 0.764. The molecule has 6 heteroatoms. The van der Waals surface area contributed by atoms with Crippen molar-refractivity contribution in [1.29, 1.82) is 0 Å². The van der Waals surface area contributed by atoms with Crippen LogP contribution in [-0.2, 0) is 4.79 Å². The number of carbonyl (C=O) groups is 2. The number of piperidine rings is 1. The molecule has 1 aliphatic rings. The molecule has 1 fully saturated rings. The molecule has 1 aliphatic heterocycles. The third-order valence-electron chi connectivity index (χ3n) is 4.79. The third kappa shape index (κ3) is 3.31. The van der Waals surface area contributed by atoms with E-state index in [4.69, 9.17) is 0 Å². The number of likely N-dealkylation sites (tertiary alicyclic amines) is 1. The van der Waals surface area contributed by atoms with Crippen molar-refractivity contribution in [1.82, 2.24) is 14.9 Å². The number of aromatic amines is 1. The predicted molar refractivity (Wildman–Crippen MR) is 99.8 cm³/mol. The number of benzene rings is 1. The van der Waals surface area contributed by atoms with Gasteiger partial charge in [-0.3, -0.25) is 14.6 Å². The molecule has 1 saturated heterocycles. The Morgan fingerprint density at radius 3 is 2.77 bits per heavy atom. The van der Waals surface area contributed by atoms with Crippen molar-refractivity contribution in [2.45, 2.75) is 12.8 Å². The van der Waals surface area contributed by atoms with Gasteiger partial charge in [-0.05, 0) is 37.1 Å². The maximum absolute atomic E-state index is 12.9. The van der Waals surface area contributed by atoms with Crippen molar-refractivity contribution in [2.75, 3.05) is 18.4 Å². The zero-order chi connectivity index (χ0) is 17.9. The largest absolute Gasteiger partial charge is 0.351 e. The Balaban J connectivity index is 1.45. The number of rotatable bonds is 3. The maximum Gasteiger partial charge on any atom is 0.270 e. The number of pyridine rings is 1. The van der Waals surface area contributed by atoms with Gasteiger partial charge < -0.3 is 15.2 Å². The highest BCUT2D eigenvalue weighted by atomic mass is 16.2. The summed E-state index contributed by atoms with van der Waals surface area (Å²) in [6.07, 6.45) is 4.89. The van der Waals surface area contributed by atoms with Crippen LogP contribution in [0.1, 0.15) is 23.3 Å². The topological polar surface area (TPSA) is 78.1 Å². The van der Waals surface area contributed by atoms with Gasteiger partial charge in [0.25, 0.3) is 5.91 Å². The lowest BCUT2D eigenvalue weighted by molar-refractivity contribution is -0.121. The van der Waals surface area contributed by atoms with Gasteiger partial charge in [-0.2, -0.15) is 0 Å². The first-order valence-corrected chi connectivity index (χ1v) is 8.78. The molecule has 0 aliphatic carbocycles. The lowest BCUT2D eigenvalue weighted by Crippen LogP contribution is -2.43. The van der Waals surface area contributed by atoms with Crippen molar-refractivity contribution in [3.8, 4) is 0 Å². The molecule has 0 unspecified atom stereocenters. The minimum Gasteiger partial charge on any atom is -0.351 e. The predicted octanol–water partition coefficient (Wildman–Crippen LogP) is 3.05. The summed E-state index contributed by atoms with van der Waals surface area (Å²) in [5.41, 5.74) is 2.24. The monoisotopic (exact) mass is 348 g/mol. The van der Waals surface area contributed by atoms with Crippen LogP contribution in [0.2, 0.25) is 0 Å². The molecule has 132 valence electrons. The Morgan fingerprint density at radius 1 is 1.15 bits per heavy atom. The number of hydrogen-bond donors (Lipinski definition) is 2. The van der Waals surface area contributed by atoms with Crippen LogP contribution >= 0.6 is 0 Å². The smallest absolute Gasteiger partial charge is 0.270 e. The molecular weight excluding hydrogens is 328 g/mol. The number of carbonyl (C=O) groups excluding carboxylic acids is 2.